The Morgan fingerprint density at radius 2 is 2.26 bits per heavy atom. The maximum atomic E-state index is 11.0. The molecule has 0 radical (unpaired) electrons. The molecule has 3 rings (SSSR count). The molecule has 0 atom stereocenters. The molecule has 96 valence electrons. The van der Waals surface area contributed by atoms with E-state index in [0.29, 0.717) is 16.2 Å². The highest BCUT2D eigenvalue weighted by Gasteiger charge is 2.21. The fourth-order valence-electron chi connectivity index (χ4n) is 1.83. The van der Waals surface area contributed by atoms with Crippen LogP contribution < -0.4 is 0 Å². The molecule has 3 heterocycles. The number of halogens is 1. The summed E-state index contributed by atoms with van der Waals surface area (Å²) in [7, 11) is 1.77. The van der Waals surface area contributed by atoms with Gasteiger partial charge in [-0.15, -0.1) is 5.10 Å². The van der Waals surface area contributed by atoms with Crippen molar-refractivity contribution >= 4 is 27.7 Å². The summed E-state index contributed by atoms with van der Waals surface area (Å²) in [6.07, 6.45) is 3.36. The lowest BCUT2D eigenvalue weighted by atomic mass is 10.3. The molecule has 0 saturated heterocycles. The van der Waals surface area contributed by atoms with Crippen LogP contribution in [0, 0.1) is 0 Å². The molecule has 0 aromatic carbocycles. The fraction of sp³-hybridized carbons (Fsp3) is 0.0909. The van der Waals surface area contributed by atoms with E-state index in [1.165, 1.54) is 4.52 Å². The molecule has 0 aliphatic rings. The molecule has 7 nitrogen and oxygen atoms in total. The Labute approximate surface area is 115 Å². The molecule has 8 heteroatoms. The molecule has 0 fully saturated rings. The van der Waals surface area contributed by atoms with E-state index in [-0.39, 0.29) is 5.69 Å². The van der Waals surface area contributed by atoms with E-state index in [1.54, 1.807) is 24.0 Å². The van der Waals surface area contributed by atoms with Crippen molar-refractivity contribution in [2.75, 3.05) is 0 Å². The van der Waals surface area contributed by atoms with Gasteiger partial charge in [0.25, 0.3) is 0 Å². The molecule has 0 saturated carbocycles. The first kappa shape index (κ1) is 11.8. The van der Waals surface area contributed by atoms with Gasteiger partial charge in [-0.2, -0.15) is 4.52 Å². The molecule has 19 heavy (non-hydrogen) atoms. The largest absolute Gasteiger partial charge is 0.476 e. The number of carbonyl (C=O) groups is 1. The molecular formula is C11H8BrN5O2. The second-order valence-electron chi connectivity index (χ2n) is 3.89. The summed E-state index contributed by atoms with van der Waals surface area (Å²) in [4.78, 5) is 19.1. The Morgan fingerprint density at radius 3 is 2.84 bits per heavy atom. The highest BCUT2D eigenvalue weighted by atomic mass is 79.9. The summed E-state index contributed by atoms with van der Waals surface area (Å²) in [5.41, 5.74) is 0.773. The van der Waals surface area contributed by atoms with Crippen LogP contribution in [0.2, 0.25) is 0 Å². The molecule has 0 spiro atoms. The van der Waals surface area contributed by atoms with Crippen molar-refractivity contribution in [3.63, 3.8) is 0 Å². The second kappa shape index (κ2) is 4.16. The third-order valence-electron chi connectivity index (χ3n) is 2.72. The fourth-order valence-corrected chi connectivity index (χ4v) is 2.32. The number of carboxylic acid groups (broad SMARTS) is 1. The highest BCUT2D eigenvalue weighted by molar-refractivity contribution is 9.10. The van der Waals surface area contributed by atoms with Crippen molar-refractivity contribution in [1.82, 2.24) is 24.1 Å². The third-order valence-corrected chi connectivity index (χ3v) is 3.43. The normalized spacial score (nSPS) is 11.1. The summed E-state index contributed by atoms with van der Waals surface area (Å²) < 4.78 is 3.49. The van der Waals surface area contributed by atoms with Crippen molar-refractivity contribution in [2.24, 2.45) is 7.05 Å². The summed E-state index contributed by atoms with van der Waals surface area (Å²) in [5.74, 6) is 0.0108. The van der Waals surface area contributed by atoms with Gasteiger partial charge in [-0.05, 0) is 28.1 Å². The van der Waals surface area contributed by atoms with Crippen molar-refractivity contribution in [3.05, 3.63) is 34.8 Å². The topological polar surface area (TPSA) is 85.3 Å². The minimum atomic E-state index is -1.10. The zero-order chi connectivity index (χ0) is 13.6. The summed E-state index contributed by atoms with van der Waals surface area (Å²) in [6, 6.07) is 3.69. The van der Waals surface area contributed by atoms with E-state index in [9.17, 15) is 4.79 Å². The minimum Gasteiger partial charge on any atom is -0.476 e. The molecule has 0 aliphatic carbocycles. The highest BCUT2D eigenvalue weighted by Crippen LogP contribution is 2.23. The van der Waals surface area contributed by atoms with E-state index in [2.05, 4.69) is 31.0 Å². The average molecular weight is 322 g/mol. The third kappa shape index (κ3) is 1.72. The van der Waals surface area contributed by atoms with Gasteiger partial charge in [0, 0.05) is 25.0 Å². The first-order valence-corrected chi connectivity index (χ1v) is 6.13. The van der Waals surface area contributed by atoms with Crippen LogP contribution in [0.5, 0.6) is 0 Å². The lowest BCUT2D eigenvalue weighted by Crippen LogP contribution is -2.00. The standard InChI is InChI=1S/C11H8BrN5O2/c1-16-9(6-3-2-4-13-5-6)15-17-8(12)7(10(18)19)14-11(16)17/h2-5H,1H3,(H,18,19). The summed E-state index contributed by atoms with van der Waals surface area (Å²) in [6.45, 7) is 0. The summed E-state index contributed by atoms with van der Waals surface area (Å²) >= 11 is 3.20. The van der Waals surface area contributed by atoms with Crippen LogP contribution in [0.4, 0.5) is 0 Å². The van der Waals surface area contributed by atoms with Crippen LogP contribution in [0.15, 0.2) is 29.1 Å². The Morgan fingerprint density at radius 1 is 1.47 bits per heavy atom. The molecule has 0 unspecified atom stereocenters. The molecular weight excluding hydrogens is 314 g/mol. The SMILES string of the molecule is Cn1c(-c2cccnc2)nn2c(Br)c(C(=O)O)nc12. The van der Waals surface area contributed by atoms with Gasteiger partial charge in [0.15, 0.2) is 11.5 Å². The van der Waals surface area contributed by atoms with Gasteiger partial charge in [0.05, 0.1) is 0 Å². The van der Waals surface area contributed by atoms with Gasteiger partial charge in [0.1, 0.15) is 4.60 Å². The zero-order valence-corrected chi connectivity index (χ0v) is 11.4. The van der Waals surface area contributed by atoms with Crippen LogP contribution >= 0.6 is 15.9 Å². The Kier molecular flexibility index (Phi) is 2.59. The van der Waals surface area contributed by atoms with E-state index < -0.39 is 5.97 Å². The number of nitrogens with zero attached hydrogens (tertiary/aromatic N) is 5. The molecule has 3 aromatic rings. The number of hydrogen-bond acceptors (Lipinski definition) is 4. The monoisotopic (exact) mass is 321 g/mol. The average Bonchev–Trinajstić information content (AvgIpc) is 2.90. The van der Waals surface area contributed by atoms with E-state index in [1.807, 2.05) is 12.1 Å². The van der Waals surface area contributed by atoms with Crippen molar-refractivity contribution in [1.29, 1.82) is 0 Å². The second-order valence-corrected chi connectivity index (χ2v) is 4.64. The number of fused-ring (bicyclic) bond motifs is 1. The maximum Gasteiger partial charge on any atom is 0.357 e. The number of rotatable bonds is 2. The van der Waals surface area contributed by atoms with E-state index in [4.69, 9.17) is 5.11 Å². The molecule has 1 N–H and O–H groups in total. The first-order valence-electron chi connectivity index (χ1n) is 5.34. The van der Waals surface area contributed by atoms with Gasteiger partial charge in [-0.1, -0.05) is 0 Å². The Balaban J connectivity index is 2.26. The van der Waals surface area contributed by atoms with Crippen molar-refractivity contribution < 1.29 is 9.90 Å². The molecule has 0 aliphatic heterocycles. The van der Waals surface area contributed by atoms with Gasteiger partial charge in [-0.25, -0.2) is 9.78 Å². The molecule has 0 bridgehead atoms. The van der Waals surface area contributed by atoms with Crippen molar-refractivity contribution in [2.45, 2.75) is 0 Å². The van der Waals surface area contributed by atoms with Crippen molar-refractivity contribution in [3.8, 4) is 11.4 Å². The van der Waals surface area contributed by atoms with E-state index in [0.717, 1.165) is 5.56 Å². The van der Waals surface area contributed by atoms with Crippen LogP contribution in [-0.2, 0) is 7.05 Å². The van der Waals surface area contributed by atoms with Crippen LogP contribution in [0.25, 0.3) is 17.2 Å². The Bertz CT molecular complexity index is 777. The van der Waals surface area contributed by atoms with Gasteiger partial charge >= 0.3 is 5.97 Å². The number of aryl methyl sites for hydroxylation is 1. The number of aromatic nitrogens is 5. The smallest absolute Gasteiger partial charge is 0.357 e. The van der Waals surface area contributed by atoms with E-state index >= 15 is 0 Å². The summed E-state index contributed by atoms with van der Waals surface area (Å²) in [5, 5.41) is 13.4. The quantitative estimate of drug-likeness (QED) is 0.774. The lowest BCUT2D eigenvalue weighted by molar-refractivity contribution is 0.0690. The van der Waals surface area contributed by atoms with Gasteiger partial charge < -0.3 is 5.11 Å². The number of hydrogen-bond donors (Lipinski definition) is 1. The minimum absolute atomic E-state index is 0.0594. The molecule has 3 aromatic heterocycles. The van der Waals surface area contributed by atoms with Crippen LogP contribution in [-0.4, -0.2) is 35.2 Å². The predicted molar refractivity (Wildman–Crippen MR) is 69.8 cm³/mol. The Hall–Kier alpha value is -2.22. The number of aromatic carboxylic acids is 1. The zero-order valence-electron chi connectivity index (χ0n) is 9.78. The first-order chi connectivity index (χ1) is 9.09. The van der Waals surface area contributed by atoms with Gasteiger partial charge in [0.2, 0.25) is 5.78 Å². The van der Waals surface area contributed by atoms with Gasteiger partial charge in [-0.3, -0.25) is 9.55 Å². The van der Waals surface area contributed by atoms with Crippen LogP contribution in [0.3, 0.4) is 0 Å². The predicted octanol–water partition coefficient (Wildman–Crippen LogP) is 1.59. The number of pyridine rings is 1. The lowest BCUT2D eigenvalue weighted by Gasteiger charge is -1.98. The molecule has 0 amide bonds. The number of imidazole rings is 1. The van der Waals surface area contributed by atoms with Crippen LogP contribution in [0.1, 0.15) is 10.5 Å². The number of carboxylic acids is 1. The maximum absolute atomic E-state index is 11.0.